The van der Waals surface area contributed by atoms with Gasteiger partial charge in [0.1, 0.15) is 0 Å². The van der Waals surface area contributed by atoms with Gasteiger partial charge in [0.05, 0.1) is 24.1 Å². The van der Waals surface area contributed by atoms with Gasteiger partial charge in [0, 0.05) is 18.4 Å². The van der Waals surface area contributed by atoms with Crippen molar-refractivity contribution in [1.29, 1.82) is 0 Å². The van der Waals surface area contributed by atoms with E-state index in [0.29, 0.717) is 16.5 Å². The van der Waals surface area contributed by atoms with Crippen molar-refractivity contribution in [2.24, 2.45) is 5.92 Å². The van der Waals surface area contributed by atoms with Crippen LogP contribution in [0, 0.1) is 5.92 Å². The first-order chi connectivity index (χ1) is 10.6. The van der Waals surface area contributed by atoms with Crippen molar-refractivity contribution in [2.45, 2.75) is 44.6 Å². The Bertz CT molecular complexity index is 530. The zero-order chi connectivity index (χ0) is 15.9. The van der Waals surface area contributed by atoms with Crippen LogP contribution in [0.25, 0.3) is 0 Å². The summed E-state index contributed by atoms with van der Waals surface area (Å²) in [5, 5.41) is 3.26. The molecule has 1 N–H and O–H groups in total. The lowest BCUT2D eigenvalue weighted by atomic mass is 9.82. The Balaban J connectivity index is 2.09. The minimum Gasteiger partial charge on any atom is -0.469 e. The molecule has 2 rings (SSSR count). The fraction of sp³-hybridized carbons (Fsp3) is 0.562. The average Bonchev–Trinajstić information content (AvgIpc) is 2.55. The number of nitrogens with zero attached hydrogens (tertiary/aromatic N) is 1. The summed E-state index contributed by atoms with van der Waals surface area (Å²) < 4.78 is 4.76. The molecule has 1 aromatic heterocycles. The number of methoxy groups -OCH3 is 1. The molecule has 5 nitrogen and oxygen atoms in total. The van der Waals surface area contributed by atoms with Gasteiger partial charge in [-0.05, 0) is 24.8 Å². The lowest BCUT2D eigenvalue weighted by Crippen LogP contribution is -2.42. The van der Waals surface area contributed by atoms with E-state index in [-0.39, 0.29) is 24.3 Å². The monoisotopic (exact) mass is 324 g/mol. The van der Waals surface area contributed by atoms with Gasteiger partial charge in [-0.1, -0.05) is 30.9 Å². The molecule has 0 saturated heterocycles. The molecule has 1 aliphatic carbocycles. The van der Waals surface area contributed by atoms with E-state index < -0.39 is 0 Å². The number of hydrogen-bond acceptors (Lipinski definition) is 4. The summed E-state index contributed by atoms with van der Waals surface area (Å²) in [6.45, 7) is 0. The number of aromatic nitrogens is 1. The lowest BCUT2D eigenvalue weighted by molar-refractivity contribution is -0.141. The molecule has 1 heterocycles. The Kier molecular flexibility index (Phi) is 6.19. The number of carbonyl (C=O) groups is 2. The molecule has 6 heteroatoms. The average molecular weight is 325 g/mol. The maximum Gasteiger partial charge on any atom is 0.307 e. The van der Waals surface area contributed by atoms with E-state index in [0.717, 1.165) is 25.7 Å². The highest BCUT2D eigenvalue weighted by atomic mass is 35.5. The van der Waals surface area contributed by atoms with Gasteiger partial charge in [0.25, 0.3) is 5.91 Å². The van der Waals surface area contributed by atoms with E-state index in [1.807, 2.05) is 0 Å². The molecule has 22 heavy (non-hydrogen) atoms. The number of halogens is 1. The van der Waals surface area contributed by atoms with Crippen LogP contribution < -0.4 is 5.32 Å². The Morgan fingerprint density at radius 1 is 1.41 bits per heavy atom. The van der Waals surface area contributed by atoms with Crippen molar-refractivity contribution >= 4 is 23.5 Å². The summed E-state index contributed by atoms with van der Waals surface area (Å²) in [7, 11) is 1.36. The minimum absolute atomic E-state index is 0.190. The molecule has 1 saturated carbocycles. The van der Waals surface area contributed by atoms with Crippen LogP contribution in [0.1, 0.15) is 48.9 Å². The van der Waals surface area contributed by atoms with Gasteiger partial charge in [-0.15, -0.1) is 0 Å². The zero-order valence-electron chi connectivity index (χ0n) is 12.7. The number of amides is 1. The summed E-state index contributed by atoms with van der Waals surface area (Å²) in [5.74, 6) is -0.277. The van der Waals surface area contributed by atoms with Gasteiger partial charge in [-0.25, -0.2) is 0 Å². The number of nitrogens with one attached hydrogen (secondary N) is 1. The first kappa shape index (κ1) is 16.7. The predicted octanol–water partition coefficient (Wildman–Crippen LogP) is 2.98. The molecular formula is C16H21ClN2O3. The molecule has 1 aromatic rings. The van der Waals surface area contributed by atoms with Crippen LogP contribution >= 0.6 is 11.6 Å². The molecule has 0 bridgehead atoms. The minimum atomic E-state index is -0.309. The smallest absolute Gasteiger partial charge is 0.307 e. The van der Waals surface area contributed by atoms with Crippen molar-refractivity contribution < 1.29 is 14.3 Å². The topological polar surface area (TPSA) is 68.3 Å². The zero-order valence-corrected chi connectivity index (χ0v) is 13.4. The fourth-order valence-corrected chi connectivity index (χ4v) is 3.15. The van der Waals surface area contributed by atoms with Crippen LogP contribution in [0.5, 0.6) is 0 Å². The molecule has 0 spiro atoms. The quantitative estimate of drug-likeness (QED) is 0.845. The molecule has 1 fully saturated rings. The van der Waals surface area contributed by atoms with Crippen LogP contribution in [0.2, 0.25) is 5.02 Å². The van der Waals surface area contributed by atoms with Crippen LogP contribution in [0.3, 0.4) is 0 Å². The fourth-order valence-electron chi connectivity index (χ4n) is 2.94. The number of esters is 1. The number of carbonyl (C=O) groups excluding carboxylic acids is 2. The third-order valence-electron chi connectivity index (χ3n) is 4.17. The largest absolute Gasteiger partial charge is 0.469 e. The van der Waals surface area contributed by atoms with Crippen LogP contribution in [-0.4, -0.2) is 30.0 Å². The van der Waals surface area contributed by atoms with Crippen molar-refractivity contribution in [3.63, 3.8) is 0 Å². The Morgan fingerprint density at radius 2 is 2.14 bits per heavy atom. The molecule has 120 valence electrons. The molecule has 0 aromatic carbocycles. The molecule has 1 atom stereocenters. The van der Waals surface area contributed by atoms with Crippen LogP contribution in [0.4, 0.5) is 0 Å². The van der Waals surface area contributed by atoms with Crippen LogP contribution in [-0.2, 0) is 9.53 Å². The standard InChI is InChI=1S/C16H21ClN2O3/c1-22-15(20)9-14(11-5-3-2-4-6-11)19-16(21)12-7-8-18-10-13(12)17/h7-8,10-11,14H,2-6,9H2,1H3,(H,19,21). The van der Waals surface area contributed by atoms with E-state index in [1.54, 1.807) is 6.07 Å². The van der Waals surface area contributed by atoms with Crippen molar-refractivity contribution in [1.82, 2.24) is 10.3 Å². The Labute approximate surface area is 135 Å². The first-order valence-corrected chi connectivity index (χ1v) is 7.96. The van der Waals surface area contributed by atoms with Gasteiger partial charge in [0.15, 0.2) is 0 Å². The first-order valence-electron chi connectivity index (χ1n) is 7.59. The molecule has 1 aliphatic rings. The second kappa shape index (κ2) is 8.13. The summed E-state index contributed by atoms with van der Waals surface area (Å²) in [6.07, 6.45) is 8.67. The van der Waals surface area contributed by atoms with Gasteiger partial charge in [-0.2, -0.15) is 0 Å². The third kappa shape index (κ3) is 4.44. The van der Waals surface area contributed by atoms with Crippen molar-refractivity contribution in [2.75, 3.05) is 7.11 Å². The summed E-state index contributed by atoms with van der Waals surface area (Å²) in [6, 6.07) is 1.36. The Morgan fingerprint density at radius 3 is 2.77 bits per heavy atom. The van der Waals surface area contributed by atoms with Crippen molar-refractivity contribution in [3.8, 4) is 0 Å². The second-order valence-corrected chi connectivity index (χ2v) is 6.02. The van der Waals surface area contributed by atoms with Crippen molar-refractivity contribution in [3.05, 3.63) is 29.0 Å². The molecule has 1 unspecified atom stereocenters. The van der Waals surface area contributed by atoms with Gasteiger partial charge >= 0.3 is 5.97 Å². The Hall–Kier alpha value is -1.62. The van der Waals surface area contributed by atoms with Gasteiger partial charge in [0.2, 0.25) is 0 Å². The highest BCUT2D eigenvalue weighted by Crippen LogP contribution is 2.28. The van der Waals surface area contributed by atoms with E-state index in [4.69, 9.17) is 16.3 Å². The third-order valence-corrected chi connectivity index (χ3v) is 4.47. The summed E-state index contributed by atoms with van der Waals surface area (Å²) in [4.78, 5) is 27.9. The molecule has 1 amide bonds. The van der Waals surface area contributed by atoms with E-state index in [1.165, 1.54) is 25.9 Å². The number of ether oxygens (including phenoxy) is 1. The van der Waals surface area contributed by atoms with E-state index in [9.17, 15) is 9.59 Å². The maximum atomic E-state index is 12.4. The van der Waals surface area contributed by atoms with Gasteiger partial charge < -0.3 is 10.1 Å². The summed E-state index contributed by atoms with van der Waals surface area (Å²) in [5.41, 5.74) is 0.377. The predicted molar refractivity (Wildman–Crippen MR) is 83.7 cm³/mol. The number of rotatable bonds is 5. The van der Waals surface area contributed by atoms with E-state index in [2.05, 4.69) is 10.3 Å². The number of pyridine rings is 1. The van der Waals surface area contributed by atoms with Crippen LogP contribution in [0.15, 0.2) is 18.5 Å². The highest BCUT2D eigenvalue weighted by Gasteiger charge is 2.28. The molecular weight excluding hydrogens is 304 g/mol. The molecule has 0 radical (unpaired) electrons. The SMILES string of the molecule is COC(=O)CC(NC(=O)c1ccncc1Cl)C1CCCCC1. The lowest BCUT2D eigenvalue weighted by Gasteiger charge is -2.30. The summed E-state index contributed by atoms with van der Waals surface area (Å²) >= 11 is 6.01. The van der Waals surface area contributed by atoms with Gasteiger partial charge in [-0.3, -0.25) is 14.6 Å². The highest BCUT2D eigenvalue weighted by molar-refractivity contribution is 6.33. The second-order valence-electron chi connectivity index (χ2n) is 5.61. The maximum absolute atomic E-state index is 12.4. The normalized spacial score (nSPS) is 16.8. The van der Waals surface area contributed by atoms with E-state index >= 15 is 0 Å². The molecule has 0 aliphatic heterocycles. The number of hydrogen-bond donors (Lipinski definition) is 1.